The molecule has 22 heavy (non-hydrogen) atoms. The fraction of sp³-hybridized carbons (Fsp3) is 0.0667. The lowest BCUT2D eigenvalue weighted by atomic mass is 10.00. The molecule has 6 nitrogen and oxygen atoms in total. The molecule has 112 valence electrons. The van der Waals surface area contributed by atoms with E-state index in [1.807, 2.05) is 30.6 Å². The third-order valence-corrected chi connectivity index (χ3v) is 4.39. The lowest BCUT2D eigenvalue weighted by Gasteiger charge is -2.08. The fourth-order valence-corrected chi connectivity index (χ4v) is 3.30. The van der Waals surface area contributed by atoms with Gasteiger partial charge >= 0.3 is 0 Å². The number of rotatable bonds is 3. The summed E-state index contributed by atoms with van der Waals surface area (Å²) in [6.45, 7) is 0. The summed E-state index contributed by atoms with van der Waals surface area (Å²) in [7, 11) is 1.84. The second-order valence-corrected chi connectivity index (χ2v) is 5.61. The molecule has 1 aromatic carbocycles. The SMILES string of the molecule is Cn1nccc1-c1c(-c2ccc(O)cc2)csc1/C(N)=N/O. The Kier molecular flexibility index (Phi) is 3.56. The van der Waals surface area contributed by atoms with Crippen LogP contribution in [0.4, 0.5) is 0 Å². The minimum absolute atomic E-state index is 0.0613. The lowest BCUT2D eigenvalue weighted by molar-refractivity contribution is 0.319. The van der Waals surface area contributed by atoms with Crippen LogP contribution >= 0.6 is 11.3 Å². The van der Waals surface area contributed by atoms with Gasteiger partial charge in [0, 0.05) is 29.8 Å². The number of aromatic nitrogens is 2. The Morgan fingerprint density at radius 1 is 1.27 bits per heavy atom. The monoisotopic (exact) mass is 314 g/mol. The number of hydrogen-bond donors (Lipinski definition) is 3. The van der Waals surface area contributed by atoms with Crippen molar-refractivity contribution in [3.63, 3.8) is 0 Å². The van der Waals surface area contributed by atoms with E-state index >= 15 is 0 Å². The van der Waals surface area contributed by atoms with Gasteiger partial charge in [0.1, 0.15) is 5.75 Å². The average Bonchev–Trinajstić information content (AvgIpc) is 3.13. The highest BCUT2D eigenvalue weighted by molar-refractivity contribution is 7.13. The topological polar surface area (TPSA) is 96.7 Å². The first-order valence-electron chi connectivity index (χ1n) is 6.49. The van der Waals surface area contributed by atoms with Crippen molar-refractivity contribution in [1.29, 1.82) is 0 Å². The van der Waals surface area contributed by atoms with Crippen molar-refractivity contribution < 1.29 is 10.3 Å². The van der Waals surface area contributed by atoms with Crippen molar-refractivity contribution in [1.82, 2.24) is 9.78 Å². The molecule has 3 rings (SSSR count). The largest absolute Gasteiger partial charge is 0.508 e. The number of aromatic hydroxyl groups is 1. The molecule has 0 spiro atoms. The van der Waals surface area contributed by atoms with Crippen LogP contribution < -0.4 is 5.73 Å². The van der Waals surface area contributed by atoms with Gasteiger partial charge in [-0.2, -0.15) is 5.10 Å². The third-order valence-electron chi connectivity index (χ3n) is 3.39. The number of phenols is 1. The second-order valence-electron chi connectivity index (χ2n) is 4.73. The summed E-state index contributed by atoms with van der Waals surface area (Å²) in [6, 6.07) is 8.78. The smallest absolute Gasteiger partial charge is 0.180 e. The molecule has 0 atom stereocenters. The van der Waals surface area contributed by atoms with E-state index < -0.39 is 0 Å². The predicted molar refractivity (Wildman–Crippen MR) is 86.1 cm³/mol. The quantitative estimate of drug-likeness (QED) is 0.300. The maximum atomic E-state index is 9.45. The van der Waals surface area contributed by atoms with Crippen molar-refractivity contribution >= 4 is 17.2 Å². The van der Waals surface area contributed by atoms with E-state index in [9.17, 15) is 5.11 Å². The number of nitrogens with zero attached hydrogens (tertiary/aromatic N) is 3. The highest BCUT2D eigenvalue weighted by Gasteiger charge is 2.20. The molecule has 0 saturated heterocycles. The highest BCUT2D eigenvalue weighted by atomic mass is 32.1. The Balaban J connectivity index is 2.26. The van der Waals surface area contributed by atoms with Gasteiger partial charge in [-0.3, -0.25) is 4.68 Å². The van der Waals surface area contributed by atoms with E-state index in [1.165, 1.54) is 11.3 Å². The number of benzene rings is 1. The van der Waals surface area contributed by atoms with Crippen molar-refractivity contribution in [3.8, 4) is 28.1 Å². The van der Waals surface area contributed by atoms with Crippen LogP contribution in [0.5, 0.6) is 5.75 Å². The highest BCUT2D eigenvalue weighted by Crippen LogP contribution is 2.39. The summed E-state index contributed by atoms with van der Waals surface area (Å²) < 4.78 is 1.74. The first kappa shape index (κ1) is 14.2. The van der Waals surface area contributed by atoms with Gasteiger partial charge in [-0.1, -0.05) is 17.3 Å². The van der Waals surface area contributed by atoms with Crippen LogP contribution in [0.3, 0.4) is 0 Å². The Labute approximate surface area is 130 Å². The van der Waals surface area contributed by atoms with Gasteiger partial charge in [0.05, 0.1) is 10.6 Å². The van der Waals surface area contributed by atoms with Crippen LogP contribution in [0.15, 0.2) is 47.1 Å². The van der Waals surface area contributed by atoms with E-state index in [4.69, 9.17) is 10.9 Å². The molecule has 3 aromatic rings. The molecule has 0 aliphatic heterocycles. The van der Waals surface area contributed by atoms with Crippen LogP contribution in [-0.2, 0) is 7.05 Å². The van der Waals surface area contributed by atoms with Crippen LogP contribution in [0.25, 0.3) is 22.4 Å². The zero-order valence-corrected chi connectivity index (χ0v) is 12.6. The molecule has 0 aliphatic carbocycles. The average molecular weight is 314 g/mol. The molecule has 0 radical (unpaired) electrons. The zero-order valence-electron chi connectivity index (χ0n) is 11.8. The molecule has 0 aliphatic rings. The summed E-state index contributed by atoms with van der Waals surface area (Å²) in [6.07, 6.45) is 1.70. The molecule has 0 amide bonds. The first-order chi connectivity index (χ1) is 10.6. The Morgan fingerprint density at radius 2 is 2.00 bits per heavy atom. The van der Waals surface area contributed by atoms with Crippen LogP contribution in [0.1, 0.15) is 4.88 Å². The van der Waals surface area contributed by atoms with Gasteiger partial charge in [0.15, 0.2) is 5.84 Å². The Bertz CT molecular complexity index is 834. The number of oxime groups is 1. The minimum atomic E-state index is 0.0613. The molecule has 7 heteroatoms. The molecule has 0 unspecified atom stereocenters. The molecule has 0 fully saturated rings. The van der Waals surface area contributed by atoms with Crippen molar-refractivity contribution in [2.75, 3.05) is 0 Å². The summed E-state index contributed by atoms with van der Waals surface area (Å²) in [5.74, 6) is 0.268. The number of thiophene rings is 1. The minimum Gasteiger partial charge on any atom is -0.508 e. The van der Waals surface area contributed by atoms with E-state index in [0.29, 0.717) is 4.88 Å². The zero-order chi connectivity index (χ0) is 15.7. The molecule has 2 heterocycles. The van der Waals surface area contributed by atoms with E-state index in [0.717, 1.165) is 22.4 Å². The number of amidine groups is 1. The first-order valence-corrected chi connectivity index (χ1v) is 7.37. The summed E-state index contributed by atoms with van der Waals surface area (Å²) in [4.78, 5) is 0.675. The fourth-order valence-electron chi connectivity index (χ4n) is 2.32. The maximum absolute atomic E-state index is 9.45. The lowest BCUT2D eigenvalue weighted by Crippen LogP contribution is -2.13. The molecule has 0 bridgehead atoms. The van der Waals surface area contributed by atoms with Crippen LogP contribution in [-0.4, -0.2) is 25.9 Å². The number of hydrogen-bond acceptors (Lipinski definition) is 5. The van der Waals surface area contributed by atoms with E-state index in [2.05, 4.69) is 10.3 Å². The second kappa shape index (κ2) is 5.53. The van der Waals surface area contributed by atoms with Crippen molar-refractivity contribution in [3.05, 3.63) is 46.8 Å². The molecule has 4 N–H and O–H groups in total. The molecule has 0 saturated carbocycles. The number of aryl methyl sites for hydroxylation is 1. The van der Waals surface area contributed by atoms with Gasteiger partial charge in [0.25, 0.3) is 0 Å². The normalized spacial score (nSPS) is 11.8. The van der Waals surface area contributed by atoms with Crippen LogP contribution in [0, 0.1) is 0 Å². The Hall–Kier alpha value is -2.80. The summed E-state index contributed by atoms with van der Waals surface area (Å²) >= 11 is 1.40. The van der Waals surface area contributed by atoms with E-state index in [-0.39, 0.29) is 11.6 Å². The van der Waals surface area contributed by atoms with E-state index in [1.54, 1.807) is 23.0 Å². The van der Waals surface area contributed by atoms with Gasteiger partial charge in [-0.05, 0) is 23.8 Å². The van der Waals surface area contributed by atoms with Gasteiger partial charge in [-0.15, -0.1) is 11.3 Å². The third kappa shape index (κ3) is 2.31. The van der Waals surface area contributed by atoms with Gasteiger partial charge < -0.3 is 16.0 Å². The predicted octanol–water partition coefficient (Wildman–Crippen LogP) is 2.62. The standard InChI is InChI=1S/C15H14N4O2S/c1-19-12(6-7-17-19)13-11(8-22-14(13)15(16)18-21)9-2-4-10(20)5-3-9/h2-8,20-21H,1H3,(H2,16,18). The molecular formula is C15H14N4O2S. The van der Waals surface area contributed by atoms with Crippen molar-refractivity contribution in [2.45, 2.75) is 0 Å². The molecular weight excluding hydrogens is 300 g/mol. The van der Waals surface area contributed by atoms with Gasteiger partial charge in [-0.25, -0.2) is 0 Å². The number of nitrogens with two attached hydrogens (primary N) is 1. The van der Waals surface area contributed by atoms with Gasteiger partial charge in [0.2, 0.25) is 0 Å². The summed E-state index contributed by atoms with van der Waals surface area (Å²) in [5.41, 5.74) is 9.40. The maximum Gasteiger partial charge on any atom is 0.180 e. The van der Waals surface area contributed by atoms with Crippen molar-refractivity contribution in [2.24, 2.45) is 17.9 Å². The number of phenolic OH excluding ortho intramolecular Hbond substituents is 1. The summed E-state index contributed by atoms with van der Waals surface area (Å²) in [5, 5.41) is 27.7. The van der Waals surface area contributed by atoms with Crippen LogP contribution in [0.2, 0.25) is 0 Å². The Morgan fingerprint density at radius 3 is 2.59 bits per heavy atom. The molecule has 2 aromatic heterocycles.